The van der Waals surface area contributed by atoms with Crippen LogP contribution >= 0.6 is 0 Å². The van der Waals surface area contributed by atoms with Crippen LogP contribution in [0.25, 0.3) is 0 Å². The molecule has 77 valence electrons. The first-order valence-electron chi connectivity index (χ1n) is 6.07. The highest BCUT2D eigenvalue weighted by atomic mass is 16.6. The lowest BCUT2D eigenvalue weighted by Crippen LogP contribution is -2.27. The lowest BCUT2D eigenvalue weighted by atomic mass is 9.73. The Morgan fingerprint density at radius 3 is 2.86 bits per heavy atom. The Balaban J connectivity index is 1.46. The first-order chi connectivity index (χ1) is 6.92. The number of hydrogen-bond acceptors (Lipinski definition) is 2. The van der Waals surface area contributed by atoms with Crippen molar-refractivity contribution in [3.63, 3.8) is 0 Å². The summed E-state index contributed by atoms with van der Waals surface area (Å²) < 4.78 is 11.3. The van der Waals surface area contributed by atoms with Gasteiger partial charge in [-0.15, -0.1) is 0 Å². The minimum absolute atomic E-state index is 0.609. The average molecular weight is 193 g/mol. The second-order valence-electron chi connectivity index (χ2n) is 5.29. The minimum atomic E-state index is 0.609. The summed E-state index contributed by atoms with van der Waals surface area (Å²) in [6.45, 7) is 0. The Morgan fingerprint density at radius 2 is 1.93 bits per heavy atom. The summed E-state index contributed by atoms with van der Waals surface area (Å²) in [6.07, 6.45) is 10.4. The zero-order valence-corrected chi connectivity index (χ0v) is 8.45. The van der Waals surface area contributed by atoms with Crippen molar-refractivity contribution >= 4 is 0 Å². The third kappa shape index (κ3) is 1.17. The molecule has 4 fully saturated rings. The van der Waals surface area contributed by atoms with Crippen molar-refractivity contribution in [3.8, 4) is 0 Å². The maximum Gasteiger partial charge on any atom is 0.0875 e. The highest BCUT2D eigenvalue weighted by molar-refractivity contribution is 5.14. The smallest absolute Gasteiger partial charge is 0.0875 e. The summed E-state index contributed by atoms with van der Waals surface area (Å²) in [5.74, 6) is 2.58. The van der Waals surface area contributed by atoms with Gasteiger partial charge in [0.2, 0.25) is 0 Å². The van der Waals surface area contributed by atoms with Crippen molar-refractivity contribution in [1.82, 2.24) is 0 Å². The zero-order chi connectivity index (χ0) is 9.12. The Hall–Kier alpha value is -0.0800. The molecule has 5 unspecified atom stereocenters. The molecule has 2 saturated carbocycles. The van der Waals surface area contributed by atoms with Crippen LogP contribution in [0.4, 0.5) is 0 Å². The molecular weight excluding hydrogens is 176 g/mol. The largest absolute Gasteiger partial charge is 0.370 e. The van der Waals surface area contributed by atoms with Crippen molar-refractivity contribution in [2.24, 2.45) is 5.92 Å². The van der Waals surface area contributed by atoms with E-state index in [9.17, 15) is 0 Å². The summed E-state index contributed by atoms with van der Waals surface area (Å²) in [5, 5.41) is 0. The fourth-order valence-corrected chi connectivity index (χ4v) is 3.52. The highest BCUT2D eigenvalue weighted by Gasteiger charge is 2.53. The van der Waals surface area contributed by atoms with E-state index in [2.05, 4.69) is 0 Å². The van der Waals surface area contributed by atoms with Gasteiger partial charge in [0.15, 0.2) is 0 Å². The third-order valence-electron chi connectivity index (χ3n) is 4.45. The van der Waals surface area contributed by atoms with Crippen LogP contribution in [0.3, 0.4) is 0 Å². The van der Waals surface area contributed by atoms with Gasteiger partial charge in [-0.25, -0.2) is 0 Å². The topological polar surface area (TPSA) is 25.1 Å². The van der Waals surface area contributed by atoms with E-state index in [-0.39, 0.29) is 0 Å². The number of hydrogen-bond donors (Lipinski definition) is 0. The van der Waals surface area contributed by atoms with Gasteiger partial charge in [-0.1, -0.05) is 6.42 Å². The highest BCUT2D eigenvalue weighted by Crippen LogP contribution is 2.51. The van der Waals surface area contributed by atoms with Gasteiger partial charge in [0, 0.05) is 0 Å². The van der Waals surface area contributed by atoms with Gasteiger partial charge in [-0.05, 0) is 43.9 Å². The standard InChI is InChI=1S/C12H17O2/c1-2-8(12-10(3-1)14-12)7-4-5-9-11(6-7)13-9/h8-12H,1-6H2. The van der Waals surface area contributed by atoms with Crippen LogP contribution in [0, 0.1) is 11.8 Å². The van der Waals surface area contributed by atoms with Gasteiger partial charge in [0.05, 0.1) is 24.4 Å². The van der Waals surface area contributed by atoms with E-state index in [0.717, 1.165) is 5.92 Å². The molecule has 2 heteroatoms. The molecule has 2 nitrogen and oxygen atoms in total. The van der Waals surface area contributed by atoms with Crippen molar-refractivity contribution in [3.05, 3.63) is 5.92 Å². The van der Waals surface area contributed by atoms with Gasteiger partial charge in [0.1, 0.15) is 0 Å². The quantitative estimate of drug-likeness (QED) is 0.596. The molecule has 14 heavy (non-hydrogen) atoms. The second-order valence-corrected chi connectivity index (χ2v) is 5.29. The van der Waals surface area contributed by atoms with E-state index < -0.39 is 0 Å². The molecule has 2 aliphatic heterocycles. The molecule has 5 atom stereocenters. The van der Waals surface area contributed by atoms with Gasteiger partial charge < -0.3 is 9.47 Å². The van der Waals surface area contributed by atoms with E-state index in [1.165, 1.54) is 38.5 Å². The molecule has 0 spiro atoms. The lowest BCUT2D eigenvalue weighted by Gasteiger charge is -2.28. The molecule has 0 aromatic rings. The second kappa shape index (κ2) is 2.73. The predicted octanol–water partition coefficient (Wildman–Crippen LogP) is 2.08. The molecule has 0 bridgehead atoms. The minimum Gasteiger partial charge on any atom is -0.370 e. The fourth-order valence-electron chi connectivity index (χ4n) is 3.52. The van der Waals surface area contributed by atoms with Gasteiger partial charge >= 0.3 is 0 Å². The van der Waals surface area contributed by atoms with Crippen molar-refractivity contribution in [2.45, 2.75) is 62.9 Å². The zero-order valence-electron chi connectivity index (χ0n) is 8.45. The maximum absolute atomic E-state index is 5.73. The fraction of sp³-hybridized carbons (Fsp3) is 0.917. The van der Waals surface area contributed by atoms with Crippen LogP contribution in [0.15, 0.2) is 0 Å². The van der Waals surface area contributed by atoms with Crippen LogP contribution in [-0.2, 0) is 9.47 Å². The van der Waals surface area contributed by atoms with Crippen LogP contribution < -0.4 is 0 Å². The summed E-state index contributed by atoms with van der Waals surface area (Å²) >= 11 is 0. The summed E-state index contributed by atoms with van der Waals surface area (Å²) in [4.78, 5) is 0. The molecular formula is C12H17O2. The first-order valence-corrected chi connectivity index (χ1v) is 6.07. The number of epoxide rings is 2. The number of rotatable bonds is 1. The average Bonchev–Trinajstić information content (AvgIpc) is 3.10. The molecule has 0 aromatic heterocycles. The first kappa shape index (κ1) is 8.12. The summed E-state index contributed by atoms with van der Waals surface area (Å²) in [7, 11) is 0. The monoisotopic (exact) mass is 193 g/mol. The van der Waals surface area contributed by atoms with Gasteiger partial charge in [-0.3, -0.25) is 0 Å². The summed E-state index contributed by atoms with van der Waals surface area (Å²) in [6, 6.07) is 0. The van der Waals surface area contributed by atoms with Crippen LogP contribution in [0.2, 0.25) is 0 Å². The van der Waals surface area contributed by atoms with Crippen molar-refractivity contribution in [2.75, 3.05) is 0 Å². The van der Waals surface area contributed by atoms with E-state index >= 15 is 0 Å². The summed E-state index contributed by atoms with van der Waals surface area (Å²) in [5.41, 5.74) is 0. The van der Waals surface area contributed by atoms with Crippen LogP contribution in [-0.4, -0.2) is 24.4 Å². The molecule has 4 aliphatic rings. The third-order valence-corrected chi connectivity index (χ3v) is 4.45. The lowest BCUT2D eigenvalue weighted by molar-refractivity contribution is 0.305. The van der Waals surface area contributed by atoms with Crippen LogP contribution in [0.5, 0.6) is 0 Å². The Kier molecular flexibility index (Phi) is 1.58. The van der Waals surface area contributed by atoms with Gasteiger partial charge in [0.25, 0.3) is 0 Å². The molecule has 2 heterocycles. The molecule has 2 saturated heterocycles. The SMILES string of the molecule is C1CC2OC2C([C]2CCC3OC3C2)C1. The molecule has 2 aliphatic carbocycles. The van der Waals surface area contributed by atoms with E-state index in [0.29, 0.717) is 24.4 Å². The molecule has 0 aromatic carbocycles. The normalized spacial score (nSPS) is 56.1. The van der Waals surface area contributed by atoms with Crippen LogP contribution in [0.1, 0.15) is 38.5 Å². The predicted molar refractivity (Wildman–Crippen MR) is 51.8 cm³/mol. The van der Waals surface area contributed by atoms with Crippen molar-refractivity contribution in [1.29, 1.82) is 0 Å². The number of fused-ring (bicyclic) bond motifs is 2. The Morgan fingerprint density at radius 1 is 0.929 bits per heavy atom. The van der Waals surface area contributed by atoms with Crippen molar-refractivity contribution < 1.29 is 9.47 Å². The maximum atomic E-state index is 5.73. The van der Waals surface area contributed by atoms with E-state index in [4.69, 9.17) is 9.47 Å². The molecule has 0 amide bonds. The Labute approximate surface area is 85.0 Å². The number of ether oxygens (including phenoxy) is 2. The molecule has 4 rings (SSSR count). The Bertz CT molecular complexity index is 253. The van der Waals surface area contributed by atoms with Gasteiger partial charge in [-0.2, -0.15) is 0 Å². The molecule has 0 N–H and O–H groups in total. The molecule has 1 radical (unpaired) electrons. The van der Waals surface area contributed by atoms with E-state index in [1.807, 2.05) is 0 Å². The van der Waals surface area contributed by atoms with E-state index in [1.54, 1.807) is 5.92 Å².